The van der Waals surface area contributed by atoms with E-state index in [4.69, 9.17) is 0 Å². The maximum atomic E-state index is 11.8. The highest BCUT2D eigenvalue weighted by Crippen LogP contribution is 2.27. The Morgan fingerprint density at radius 3 is 2.93 bits per heavy atom. The maximum absolute atomic E-state index is 11.8. The molecule has 1 aromatic carbocycles. The third-order valence-corrected chi connectivity index (χ3v) is 3.32. The molecule has 1 saturated heterocycles. The molecule has 3 heteroatoms. The molecule has 0 radical (unpaired) electrons. The summed E-state index contributed by atoms with van der Waals surface area (Å²) in [5.41, 5.74) is 4.10. The molecule has 1 atom stereocenters. The number of carbonyl (C=O) groups excluding carboxylic acids is 1. The average molecular weight is 185 g/mol. The number of hydrogen-bond donors (Lipinski definition) is 0. The van der Waals surface area contributed by atoms with Crippen molar-refractivity contribution in [1.29, 1.82) is 0 Å². The van der Waals surface area contributed by atoms with Crippen LogP contribution in [-0.2, 0) is 4.79 Å². The monoisotopic (exact) mass is 185 g/mol. The number of carbonyl (C=O) groups is 1. The van der Waals surface area contributed by atoms with Crippen LogP contribution in [0.4, 0.5) is 0 Å². The standard InChI is InChI=1S/C11H12BNO/c1-13-5-4-8(11(13)14)7-2-3-9-10(6-7)12-9/h2-3,6,8,12H,4-5H2,1H3. The van der Waals surface area contributed by atoms with Crippen molar-refractivity contribution in [3.63, 3.8) is 0 Å². The third-order valence-electron chi connectivity index (χ3n) is 3.32. The highest BCUT2D eigenvalue weighted by molar-refractivity contribution is 6.87. The number of likely N-dealkylation sites (N-methyl/N-ethyl adjacent to an activating group) is 1. The predicted molar refractivity (Wildman–Crippen MR) is 57.9 cm³/mol. The number of benzene rings is 1. The highest BCUT2D eigenvalue weighted by Gasteiger charge is 2.31. The van der Waals surface area contributed by atoms with Gasteiger partial charge in [-0.15, -0.1) is 0 Å². The highest BCUT2D eigenvalue weighted by atomic mass is 16.2. The van der Waals surface area contributed by atoms with E-state index in [1.54, 1.807) is 0 Å². The quantitative estimate of drug-likeness (QED) is 0.539. The van der Waals surface area contributed by atoms with E-state index < -0.39 is 0 Å². The van der Waals surface area contributed by atoms with Gasteiger partial charge in [0.05, 0.1) is 5.92 Å². The number of rotatable bonds is 1. The van der Waals surface area contributed by atoms with Gasteiger partial charge in [-0.3, -0.25) is 4.79 Å². The minimum Gasteiger partial charge on any atom is -0.345 e. The van der Waals surface area contributed by atoms with Crippen LogP contribution >= 0.6 is 0 Å². The second-order valence-corrected chi connectivity index (χ2v) is 4.31. The van der Waals surface area contributed by atoms with Crippen LogP contribution in [0.2, 0.25) is 0 Å². The van der Waals surface area contributed by atoms with Gasteiger partial charge in [-0.2, -0.15) is 0 Å². The van der Waals surface area contributed by atoms with E-state index in [-0.39, 0.29) is 11.8 Å². The van der Waals surface area contributed by atoms with Crippen molar-refractivity contribution in [2.45, 2.75) is 12.3 Å². The summed E-state index contributed by atoms with van der Waals surface area (Å²) in [5.74, 6) is 0.413. The van der Waals surface area contributed by atoms with Crippen molar-refractivity contribution >= 4 is 24.1 Å². The summed E-state index contributed by atoms with van der Waals surface area (Å²) < 4.78 is 0. The fourth-order valence-corrected chi connectivity index (χ4v) is 2.27. The van der Waals surface area contributed by atoms with Crippen molar-refractivity contribution in [3.8, 4) is 0 Å². The van der Waals surface area contributed by atoms with Gasteiger partial charge in [0.1, 0.15) is 0 Å². The summed E-state index contributed by atoms with van der Waals surface area (Å²) in [7, 11) is 3.02. The molecular formula is C11H12BNO. The molecule has 3 rings (SSSR count). The first-order valence-electron chi connectivity index (χ1n) is 5.12. The molecule has 0 spiro atoms. The summed E-state index contributed by atoms with van der Waals surface area (Å²) in [4.78, 5) is 13.6. The van der Waals surface area contributed by atoms with Crippen LogP contribution < -0.4 is 10.9 Å². The Hall–Kier alpha value is -1.25. The van der Waals surface area contributed by atoms with E-state index in [2.05, 4.69) is 18.2 Å². The molecule has 0 aliphatic carbocycles. The minimum absolute atomic E-state index is 0.130. The summed E-state index contributed by atoms with van der Waals surface area (Å²) in [6, 6.07) is 6.49. The van der Waals surface area contributed by atoms with Crippen molar-refractivity contribution < 1.29 is 4.79 Å². The molecule has 2 aliphatic rings. The van der Waals surface area contributed by atoms with Gasteiger partial charge < -0.3 is 4.90 Å². The third kappa shape index (κ3) is 1.08. The topological polar surface area (TPSA) is 20.3 Å². The Balaban J connectivity index is 1.93. The first-order valence-corrected chi connectivity index (χ1v) is 5.12. The van der Waals surface area contributed by atoms with E-state index in [1.807, 2.05) is 11.9 Å². The average Bonchev–Trinajstić information content (AvgIpc) is 2.88. The van der Waals surface area contributed by atoms with Crippen molar-refractivity contribution in [3.05, 3.63) is 23.8 Å². The maximum Gasteiger partial charge on any atom is 0.229 e. The number of fused-ring (bicyclic) bond motifs is 1. The van der Waals surface area contributed by atoms with Crippen molar-refractivity contribution in [1.82, 2.24) is 4.90 Å². The van der Waals surface area contributed by atoms with Crippen LogP contribution in [0.15, 0.2) is 18.2 Å². The lowest BCUT2D eigenvalue weighted by molar-refractivity contribution is -0.127. The Kier molecular flexibility index (Phi) is 1.52. The van der Waals surface area contributed by atoms with Gasteiger partial charge in [0, 0.05) is 13.6 Å². The Bertz CT molecular complexity index is 416. The van der Waals surface area contributed by atoms with Crippen LogP contribution in [0.3, 0.4) is 0 Å². The molecule has 70 valence electrons. The van der Waals surface area contributed by atoms with Gasteiger partial charge in [0.25, 0.3) is 0 Å². The normalized spacial score (nSPS) is 23.4. The van der Waals surface area contributed by atoms with Crippen LogP contribution in [0.5, 0.6) is 0 Å². The molecule has 2 nitrogen and oxygen atoms in total. The minimum atomic E-state index is 0.130. The van der Waals surface area contributed by atoms with Crippen LogP contribution in [0, 0.1) is 0 Å². The van der Waals surface area contributed by atoms with Gasteiger partial charge >= 0.3 is 0 Å². The largest absolute Gasteiger partial charge is 0.345 e. The molecule has 2 heterocycles. The van der Waals surface area contributed by atoms with E-state index in [1.165, 1.54) is 16.5 Å². The summed E-state index contributed by atoms with van der Waals surface area (Å²) in [5, 5.41) is 0. The molecular weight excluding hydrogens is 173 g/mol. The Morgan fingerprint density at radius 2 is 2.29 bits per heavy atom. The molecule has 0 N–H and O–H groups in total. The summed E-state index contributed by atoms with van der Waals surface area (Å²) in [6.45, 7) is 0.903. The van der Waals surface area contributed by atoms with Gasteiger partial charge in [-0.05, 0) is 12.0 Å². The number of hydrogen-bond acceptors (Lipinski definition) is 1. The lowest BCUT2D eigenvalue weighted by Gasteiger charge is -2.09. The zero-order valence-corrected chi connectivity index (χ0v) is 8.29. The molecule has 0 bridgehead atoms. The van der Waals surface area contributed by atoms with Crippen LogP contribution in [-0.4, -0.2) is 31.7 Å². The van der Waals surface area contributed by atoms with E-state index >= 15 is 0 Å². The van der Waals surface area contributed by atoms with E-state index in [0.29, 0.717) is 0 Å². The lowest BCUT2D eigenvalue weighted by atomic mass is 9.96. The fourth-order valence-electron chi connectivity index (χ4n) is 2.27. The number of likely N-dealkylation sites (tertiary alicyclic amines) is 1. The predicted octanol–water partition coefficient (Wildman–Crippen LogP) is -0.667. The van der Waals surface area contributed by atoms with E-state index in [0.717, 1.165) is 20.2 Å². The second kappa shape index (κ2) is 2.63. The molecule has 1 unspecified atom stereocenters. The SMILES string of the molecule is CN1CCC(c2ccc3c(c2)B3)C1=O. The van der Waals surface area contributed by atoms with Gasteiger partial charge in [0.15, 0.2) is 7.28 Å². The van der Waals surface area contributed by atoms with Gasteiger partial charge in [-0.1, -0.05) is 29.1 Å². The zero-order valence-electron chi connectivity index (χ0n) is 8.29. The van der Waals surface area contributed by atoms with Crippen LogP contribution in [0.1, 0.15) is 17.9 Å². The Labute approximate surface area is 84.2 Å². The molecule has 14 heavy (non-hydrogen) atoms. The van der Waals surface area contributed by atoms with Crippen molar-refractivity contribution in [2.75, 3.05) is 13.6 Å². The first kappa shape index (κ1) is 8.10. The fraction of sp³-hybridized carbons (Fsp3) is 0.364. The summed E-state index contributed by atoms with van der Waals surface area (Å²) in [6.07, 6.45) is 0.980. The number of nitrogens with zero attached hydrogens (tertiary/aromatic N) is 1. The second-order valence-electron chi connectivity index (χ2n) is 4.31. The zero-order chi connectivity index (χ0) is 9.71. The molecule has 2 aliphatic heterocycles. The smallest absolute Gasteiger partial charge is 0.229 e. The van der Waals surface area contributed by atoms with Crippen molar-refractivity contribution in [2.24, 2.45) is 0 Å². The van der Waals surface area contributed by atoms with Gasteiger partial charge in [-0.25, -0.2) is 0 Å². The van der Waals surface area contributed by atoms with Crippen LogP contribution in [0.25, 0.3) is 0 Å². The first-order chi connectivity index (χ1) is 6.75. The Morgan fingerprint density at radius 1 is 1.43 bits per heavy atom. The summed E-state index contributed by atoms with van der Waals surface area (Å²) >= 11 is 0. The number of amides is 1. The molecule has 1 aromatic rings. The molecule has 1 amide bonds. The molecule has 1 fully saturated rings. The van der Waals surface area contributed by atoms with Gasteiger partial charge in [0.2, 0.25) is 5.91 Å². The molecule has 0 saturated carbocycles. The molecule has 0 aromatic heterocycles. The lowest BCUT2D eigenvalue weighted by Crippen LogP contribution is -2.21. The van der Waals surface area contributed by atoms with E-state index in [9.17, 15) is 4.79 Å².